The van der Waals surface area contributed by atoms with Gasteiger partial charge in [0.05, 0.1) is 6.42 Å². The van der Waals surface area contributed by atoms with E-state index >= 15 is 0 Å². The molecule has 0 aromatic carbocycles. The van der Waals surface area contributed by atoms with E-state index in [9.17, 15) is 14.4 Å². The standard InChI is InChI=1S/C23H34N4O4/c1-14-5-6-16-19(14)25-26-20(16)21(30)27-12-23(13-27)10-15(11-23)9-17(28)24-8-7-18(29)31-22(2,3)4/h14-15H,5-13H2,1-4H3,(H,24,28)(H,25,26)/t14-/m0/s1. The van der Waals surface area contributed by atoms with Gasteiger partial charge in [0.15, 0.2) is 5.69 Å². The van der Waals surface area contributed by atoms with Crippen LogP contribution < -0.4 is 5.32 Å². The second-order valence-electron chi connectivity index (χ2n) is 10.7. The molecule has 4 rings (SSSR count). The second kappa shape index (κ2) is 7.95. The van der Waals surface area contributed by atoms with Gasteiger partial charge in [0, 0.05) is 42.7 Å². The normalized spacial score (nSPS) is 21.9. The van der Waals surface area contributed by atoms with E-state index in [1.54, 1.807) is 0 Å². The molecule has 170 valence electrons. The number of nitrogens with zero attached hydrogens (tertiary/aromatic N) is 2. The van der Waals surface area contributed by atoms with Gasteiger partial charge in [-0.1, -0.05) is 6.92 Å². The van der Waals surface area contributed by atoms with E-state index in [4.69, 9.17) is 4.74 Å². The number of carbonyl (C=O) groups excluding carboxylic acids is 3. The minimum absolute atomic E-state index is 0.0168. The monoisotopic (exact) mass is 430 g/mol. The number of esters is 1. The number of aromatic amines is 1. The average molecular weight is 431 g/mol. The van der Waals surface area contributed by atoms with Crippen molar-refractivity contribution in [2.24, 2.45) is 11.3 Å². The molecule has 1 aliphatic heterocycles. The Morgan fingerprint density at radius 3 is 2.65 bits per heavy atom. The summed E-state index contributed by atoms with van der Waals surface area (Å²) in [7, 11) is 0. The quantitative estimate of drug-likeness (QED) is 0.675. The number of likely N-dealkylation sites (tertiary alicyclic amines) is 1. The number of H-pyrrole nitrogens is 1. The lowest BCUT2D eigenvalue weighted by Crippen LogP contribution is -2.64. The molecule has 3 aliphatic rings. The molecule has 1 saturated heterocycles. The molecular weight excluding hydrogens is 396 g/mol. The van der Waals surface area contributed by atoms with Crippen molar-refractivity contribution in [1.29, 1.82) is 0 Å². The van der Waals surface area contributed by atoms with Crippen molar-refractivity contribution in [3.05, 3.63) is 17.0 Å². The predicted octanol–water partition coefficient (Wildman–Crippen LogP) is 2.55. The lowest BCUT2D eigenvalue weighted by Gasteiger charge is -2.59. The number of ether oxygens (including phenoxy) is 1. The van der Waals surface area contributed by atoms with Gasteiger partial charge in [-0.15, -0.1) is 0 Å². The Labute approximate surface area is 183 Å². The molecule has 1 atom stereocenters. The Kier molecular flexibility index (Phi) is 5.60. The van der Waals surface area contributed by atoms with Crippen molar-refractivity contribution in [3.63, 3.8) is 0 Å². The molecule has 1 spiro atoms. The van der Waals surface area contributed by atoms with Crippen LogP contribution in [0.3, 0.4) is 0 Å². The molecule has 0 unspecified atom stereocenters. The number of carbonyl (C=O) groups is 3. The number of nitrogens with one attached hydrogen (secondary N) is 2. The highest BCUT2D eigenvalue weighted by Crippen LogP contribution is 2.53. The summed E-state index contributed by atoms with van der Waals surface area (Å²) in [5.74, 6) is 0.535. The Balaban J connectivity index is 1.15. The first kappa shape index (κ1) is 21.8. The van der Waals surface area contributed by atoms with Gasteiger partial charge in [-0.25, -0.2) is 0 Å². The molecule has 0 bridgehead atoms. The molecule has 2 amide bonds. The molecule has 2 aliphatic carbocycles. The molecule has 2 fully saturated rings. The Morgan fingerprint density at radius 2 is 1.97 bits per heavy atom. The zero-order valence-electron chi connectivity index (χ0n) is 19.0. The maximum absolute atomic E-state index is 12.8. The van der Waals surface area contributed by atoms with E-state index in [0.29, 0.717) is 30.5 Å². The van der Waals surface area contributed by atoms with Gasteiger partial charge in [-0.2, -0.15) is 5.10 Å². The van der Waals surface area contributed by atoms with E-state index < -0.39 is 5.60 Å². The first-order valence-electron chi connectivity index (χ1n) is 11.4. The highest BCUT2D eigenvalue weighted by molar-refractivity contribution is 5.95. The summed E-state index contributed by atoms with van der Waals surface area (Å²) in [6, 6.07) is 0. The number of hydrogen-bond acceptors (Lipinski definition) is 5. The van der Waals surface area contributed by atoms with Crippen LogP contribution in [0.15, 0.2) is 0 Å². The van der Waals surface area contributed by atoms with Gasteiger partial charge in [0.1, 0.15) is 5.60 Å². The van der Waals surface area contributed by atoms with Gasteiger partial charge in [0.25, 0.3) is 5.91 Å². The summed E-state index contributed by atoms with van der Waals surface area (Å²) < 4.78 is 5.24. The Morgan fingerprint density at radius 1 is 1.26 bits per heavy atom. The molecule has 1 saturated carbocycles. The number of hydrogen-bond donors (Lipinski definition) is 2. The maximum atomic E-state index is 12.8. The van der Waals surface area contributed by atoms with E-state index in [1.165, 1.54) is 0 Å². The van der Waals surface area contributed by atoms with E-state index in [2.05, 4.69) is 22.4 Å². The van der Waals surface area contributed by atoms with Gasteiger partial charge in [0.2, 0.25) is 5.91 Å². The third kappa shape index (κ3) is 4.62. The summed E-state index contributed by atoms with van der Waals surface area (Å²) >= 11 is 0. The maximum Gasteiger partial charge on any atom is 0.308 e. The second-order valence-corrected chi connectivity index (χ2v) is 10.7. The predicted molar refractivity (Wildman–Crippen MR) is 114 cm³/mol. The molecule has 2 N–H and O–H groups in total. The molecule has 31 heavy (non-hydrogen) atoms. The SMILES string of the molecule is C[C@H]1CCc2c(C(=O)N3CC4(CC(CC(=O)NCCC(=O)OC(C)(C)C)C4)C3)n[nH]c21. The topological polar surface area (TPSA) is 104 Å². The minimum Gasteiger partial charge on any atom is -0.460 e. The third-order valence-corrected chi connectivity index (χ3v) is 6.75. The summed E-state index contributed by atoms with van der Waals surface area (Å²) in [5, 5.41) is 10.2. The third-order valence-electron chi connectivity index (χ3n) is 6.75. The fourth-order valence-electron chi connectivity index (χ4n) is 5.38. The smallest absolute Gasteiger partial charge is 0.308 e. The van der Waals surface area contributed by atoms with E-state index in [-0.39, 0.29) is 29.6 Å². The molecule has 2 heterocycles. The van der Waals surface area contributed by atoms with Crippen molar-refractivity contribution < 1.29 is 19.1 Å². The van der Waals surface area contributed by atoms with Crippen molar-refractivity contribution in [2.45, 2.75) is 77.7 Å². The molecule has 8 heteroatoms. The molecule has 8 nitrogen and oxygen atoms in total. The minimum atomic E-state index is -0.505. The summed E-state index contributed by atoms with van der Waals surface area (Å²) in [5.41, 5.74) is 2.52. The zero-order chi connectivity index (χ0) is 22.4. The van der Waals surface area contributed by atoms with Crippen LogP contribution in [0.5, 0.6) is 0 Å². The average Bonchev–Trinajstić information content (AvgIpc) is 3.17. The van der Waals surface area contributed by atoms with E-state index in [1.807, 2.05) is 25.7 Å². The van der Waals surface area contributed by atoms with Gasteiger partial charge in [-0.3, -0.25) is 19.5 Å². The van der Waals surface area contributed by atoms with E-state index in [0.717, 1.165) is 50.0 Å². The largest absolute Gasteiger partial charge is 0.460 e. The molecular formula is C23H34N4O4. The lowest BCUT2D eigenvalue weighted by atomic mass is 9.57. The van der Waals surface area contributed by atoms with Crippen LogP contribution in [0.2, 0.25) is 0 Å². The van der Waals surface area contributed by atoms with Crippen LogP contribution in [-0.4, -0.2) is 58.1 Å². The number of aromatic nitrogens is 2. The summed E-state index contributed by atoms with van der Waals surface area (Å²) in [6.07, 6.45) is 4.63. The summed E-state index contributed by atoms with van der Waals surface area (Å²) in [4.78, 5) is 38.6. The van der Waals surface area contributed by atoms with Crippen molar-refractivity contribution in [2.75, 3.05) is 19.6 Å². The van der Waals surface area contributed by atoms with Gasteiger partial charge < -0.3 is 15.0 Å². The number of fused-ring (bicyclic) bond motifs is 1. The number of amides is 2. The molecule has 1 aromatic heterocycles. The van der Waals surface area contributed by atoms with Crippen LogP contribution in [0, 0.1) is 11.3 Å². The van der Waals surface area contributed by atoms with Crippen molar-refractivity contribution >= 4 is 17.8 Å². The van der Waals surface area contributed by atoms with Gasteiger partial charge >= 0.3 is 5.97 Å². The van der Waals surface area contributed by atoms with Crippen LogP contribution in [0.25, 0.3) is 0 Å². The van der Waals surface area contributed by atoms with Crippen LogP contribution in [0.1, 0.15) is 87.5 Å². The van der Waals surface area contributed by atoms with Crippen molar-refractivity contribution in [3.8, 4) is 0 Å². The fraction of sp³-hybridized carbons (Fsp3) is 0.739. The first-order chi connectivity index (χ1) is 14.6. The highest BCUT2D eigenvalue weighted by Gasteiger charge is 2.54. The highest BCUT2D eigenvalue weighted by atomic mass is 16.6. The summed E-state index contributed by atoms with van der Waals surface area (Å²) in [6.45, 7) is 9.48. The Hall–Kier alpha value is -2.38. The van der Waals surface area contributed by atoms with Crippen LogP contribution in [0.4, 0.5) is 0 Å². The van der Waals surface area contributed by atoms with Crippen molar-refractivity contribution in [1.82, 2.24) is 20.4 Å². The van der Waals surface area contributed by atoms with Crippen LogP contribution >= 0.6 is 0 Å². The first-order valence-corrected chi connectivity index (χ1v) is 11.4. The van der Waals surface area contributed by atoms with Gasteiger partial charge in [-0.05, 0) is 58.3 Å². The molecule has 0 radical (unpaired) electrons. The zero-order valence-corrected chi connectivity index (χ0v) is 19.0. The lowest BCUT2D eigenvalue weighted by molar-refractivity contribution is -0.154. The fourth-order valence-corrected chi connectivity index (χ4v) is 5.38. The Bertz CT molecular complexity index is 871. The number of rotatable bonds is 6. The van der Waals surface area contributed by atoms with Crippen LogP contribution in [-0.2, 0) is 20.7 Å². The molecule has 1 aromatic rings.